The fourth-order valence-corrected chi connectivity index (χ4v) is 2.61. The number of anilines is 2. The van der Waals surface area contributed by atoms with Crippen molar-refractivity contribution in [3.05, 3.63) is 34.7 Å². The Morgan fingerprint density at radius 2 is 2.11 bits per heavy atom. The van der Waals surface area contributed by atoms with Crippen LogP contribution in [0.5, 0.6) is 0 Å². The largest absolute Gasteiger partial charge is 0.369 e. The number of nitrogens with zero attached hydrogens (tertiary/aromatic N) is 2. The Balaban J connectivity index is 2.00. The zero-order valence-electron chi connectivity index (χ0n) is 11.6. The lowest BCUT2D eigenvalue weighted by atomic mass is 9.91. The summed E-state index contributed by atoms with van der Waals surface area (Å²) in [7, 11) is 0. The van der Waals surface area contributed by atoms with Gasteiger partial charge >= 0.3 is 0 Å². The summed E-state index contributed by atoms with van der Waals surface area (Å²) in [5, 5.41) is 8.62. The summed E-state index contributed by atoms with van der Waals surface area (Å²) in [6.45, 7) is 8.17. The molecule has 4 nitrogen and oxygen atoms in total. The summed E-state index contributed by atoms with van der Waals surface area (Å²) in [6.07, 6.45) is 1.77. The molecule has 0 atom stereocenters. The molecule has 2 N–H and O–H groups in total. The van der Waals surface area contributed by atoms with Crippen LogP contribution in [0.25, 0.3) is 0 Å². The summed E-state index contributed by atoms with van der Waals surface area (Å²) in [6, 6.07) is 6.16. The van der Waals surface area contributed by atoms with E-state index in [1.165, 1.54) is 4.88 Å². The van der Waals surface area contributed by atoms with Crippen LogP contribution in [0.3, 0.4) is 0 Å². The topological polar surface area (TPSA) is 49.8 Å². The Hall–Kier alpha value is -1.62. The first-order valence-corrected chi connectivity index (χ1v) is 7.34. The quantitative estimate of drug-likeness (QED) is 0.849. The summed E-state index contributed by atoms with van der Waals surface area (Å²) in [5.74, 6) is 1.53. The van der Waals surface area contributed by atoms with Gasteiger partial charge in [-0.25, -0.2) is 4.98 Å². The van der Waals surface area contributed by atoms with E-state index in [0.717, 1.165) is 18.9 Å². The van der Waals surface area contributed by atoms with Gasteiger partial charge in [0.05, 0.1) is 0 Å². The Morgan fingerprint density at radius 1 is 1.26 bits per heavy atom. The normalized spacial score (nSPS) is 11.3. The van der Waals surface area contributed by atoms with Crippen LogP contribution in [0.15, 0.2) is 29.8 Å². The molecule has 0 aliphatic carbocycles. The van der Waals surface area contributed by atoms with Crippen LogP contribution in [0.1, 0.15) is 25.6 Å². The zero-order chi connectivity index (χ0) is 13.7. The van der Waals surface area contributed by atoms with Crippen molar-refractivity contribution in [1.29, 1.82) is 0 Å². The van der Waals surface area contributed by atoms with Gasteiger partial charge in [-0.05, 0) is 24.4 Å². The van der Waals surface area contributed by atoms with Crippen LogP contribution < -0.4 is 10.6 Å². The molecule has 2 aromatic heterocycles. The first kappa shape index (κ1) is 13.8. The summed E-state index contributed by atoms with van der Waals surface area (Å²) in [5.41, 5.74) is 0.0947. The highest BCUT2D eigenvalue weighted by Gasteiger charge is 2.21. The van der Waals surface area contributed by atoms with Gasteiger partial charge in [0, 0.05) is 29.6 Å². The van der Waals surface area contributed by atoms with Crippen LogP contribution in [0.2, 0.25) is 0 Å². The standard InChI is InChI=1S/C14H20N4S/c1-4-15-13-16-8-7-12(18-13)17-10-14(2,3)11-6-5-9-19-11/h5-9H,4,10H2,1-3H3,(H2,15,16,17,18). The molecule has 2 aromatic rings. The molecule has 0 aliphatic heterocycles. The zero-order valence-corrected chi connectivity index (χ0v) is 12.4. The summed E-state index contributed by atoms with van der Waals surface area (Å²) < 4.78 is 0. The van der Waals surface area contributed by atoms with E-state index in [2.05, 4.69) is 52.0 Å². The minimum absolute atomic E-state index is 0.0947. The van der Waals surface area contributed by atoms with Crippen molar-refractivity contribution < 1.29 is 0 Å². The Labute approximate surface area is 118 Å². The van der Waals surface area contributed by atoms with Crippen molar-refractivity contribution in [2.75, 3.05) is 23.7 Å². The van der Waals surface area contributed by atoms with Gasteiger partial charge in [-0.1, -0.05) is 19.9 Å². The summed E-state index contributed by atoms with van der Waals surface area (Å²) in [4.78, 5) is 9.96. The SMILES string of the molecule is CCNc1nccc(NCC(C)(C)c2cccs2)n1. The molecule has 0 saturated carbocycles. The first-order valence-electron chi connectivity index (χ1n) is 6.46. The monoisotopic (exact) mass is 276 g/mol. The van der Waals surface area contributed by atoms with Crippen molar-refractivity contribution in [2.24, 2.45) is 0 Å². The molecule has 5 heteroatoms. The molecule has 0 aromatic carbocycles. The van der Waals surface area contributed by atoms with Crippen LogP contribution in [0.4, 0.5) is 11.8 Å². The molecule has 0 spiro atoms. The summed E-state index contributed by atoms with van der Waals surface area (Å²) >= 11 is 1.79. The fourth-order valence-electron chi connectivity index (χ4n) is 1.76. The van der Waals surface area contributed by atoms with Gasteiger partial charge in [0.2, 0.25) is 5.95 Å². The van der Waals surface area contributed by atoms with E-state index in [-0.39, 0.29) is 5.41 Å². The number of nitrogens with one attached hydrogen (secondary N) is 2. The van der Waals surface area contributed by atoms with E-state index in [4.69, 9.17) is 0 Å². The van der Waals surface area contributed by atoms with Crippen LogP contribution in [-0.2, 0) is 5.41 Å². The molecule has 0 bridgehead atoms. The molecule has 2 heterocycles. The van der Waals surface area contributed by atoms with Crippen molar-refractivity contribution in [3.63, 3.8) is 0 Å². The lowest BCUT2D eigenvalue weighted by Crippen LogP contribution is -2.27. The van der Waals surface area contributed by atoms with Crippen molar-refractivity contribution in [3.8, 4) is 0 Å². The number of aromatic nitrogens is 2. The molecule has 19 heavy (non-hydrogen) atoms. The van der Waals surface area contributed by atoms with Gasteiger partial charge < -0.3 is 10.6 Å². The highest BCUT2D eigenvalue weighted by Crippen LogP contribution is 2.27. The number of thiophene rings is 1. The second kappa shape index (κ2) is 6.02. The maximum Gasteiger partial charge on any atom is 0.224 e. The van der Waals surface area contributed by atoms with Gasteiger partial charge in [0.25, 0.3) is 0 Å². The first-order chi connectivity index (χ1) is 9.12. The molecule has 0 aliphatic rings. The molecule has 0 amide bonds. The molecule has 0 radical (unpaired) electrons. The fraction of sp³-hybridized carbons (Fsp3) is 0.429. The van der Waals surface area contributed by atoms with E-state index < -0.39 is 0 Å². The maximum absolute atomic E-state index is 4.42. The maximum atomic E-state index is 4.42. The van der Waals surface area contributed by atoms with E-state index in [1.807, 2.05) is 13.0 Å². The number of rotatable bonds is 6. The highest BCUT2D eigenvalue weighted by atomic mass is 32.1. The second-order valence-electron chi connectivity index (χ2n) is 5.01. The highest BCUT2D eigenvalue weighted by molar-refractivity contribution is 7.10. The van der Waals surface area contributed by atoms with Crippen LogP contribution in [0, 0.1) is 0 Å². The second-order valence-corrected chi connectivity index (χ2v) is 5.96. The molecular formula is C14H20N4S. The predicted molar refractivity (Wildman–Crippen MR) is 82.0 cm³/mol. The minimum atomic E-state index is 0.0947. The van der Waals surface area contributed by atoms with E-state index in [0.29, 0.717) is 5.95 Å². The average Bonchev–Trinajstić information content (AvgIpc) is 2.92. The smallest absolute Gasteiger partial charge is 0.224 e. The van der Waals surface area contributed by atoms with Crippen molar-refractivity contribution >= 4 is 23.1 Å². The molecule has 102 valence electrons. The van der Waals surface area contributed by atoms with Crippen LogP contribution >= 0.6 is 11.3 Å². The van der Waals surface area contributed by atoms with Gasteiger partial charge in [-0.2, -0.15) is 4.98 Å². The van der Waals surface area contributed by atoms with Gasteiger partial charge in [0.15, 0.2) is 0 Å². The van der Waals surface area contributed by atoms with Crippen LogP contribution in [-0.4, -0.2) is 23.1 Å². The van der Waals surface area contributed by atoms with E-state index >= 15 is 0 Å². The van der Waals surface area contributed by atoms with E-state index in [9.17, 15) is 0 Å². The third kappa shape index (κ3) is 3.67. The minimum Gasteiger partial charge on any atom is -0.369 e. The molecule has 0 fully saturated rings. The Kier molecular flexibility index (Phi) is 4.37. The van der Waals surface area contributed by atoms with Crippen molar-refractivity contribution in [2.45, 2.75) is 26.2 Å². The van der Waals surface area contributed by atoms with Gasteiger partial charge in [0.1, 0.15) is 5.82 Å². The molecular weight excluding hydrogens is 256 g/mol. The van der Waals surface area contributed by atoms with Crippen molar-refractivity contribution in [1.82, 2.24) is 9.97 Å². The van der Waals surface area contributed by atoms with Gasteiger partial charge in [-0.3, -0.25) is 0 Å². The Morgan fingerprint density at radius 3 is 2.79 bits per heavy atom. The predicted octanol–water partition coefficient (Wildman–Crippen LogP) is 3.36. The molecule has 0 unspecified atom stereocenters. The lowest BCUT2D eigenvalue weighted by Gasteiger charge is -2.24. The average molecular weight is 276 g/mol. The number of hydrogen-bond acceptors (Lipinski definition) is 5. The third-order valence-electron chi connectivity index (χ3n) is 2.89. The Bertz CT molecular complexity index is 508. The molecule has 0 saturated heterocycles. The number of hydrogen-bond donors (Lipinski definition) is 2. The van der Waals surface area contributed by atoms with Gasteiger partial charge in [-0.15, -0.1) is 11.3 Å². The lowest BCUT2D eigenvalue weighted by molar-refractivity contribution is 0.568. The molecule has 2 rings (SSSR count). The van der Waals surface area contributed by atoms with E-state index in [1.54, 1.807) is 17.5 Å². The third-order valence-corrected chi connectivity index (χ3v) is 4.13.